The number of hydrogen-bond acceptors (Lipinski definition) is 6. The molecular formula is C14H21N3O3. The van der Waals surface area contributed by atoms with E-state index >= 15 is 0 Å². The number of rotatable bonds is 4. The molecular weight excluding hydrogens is 258 g/mol. The topological polar surface area (TPSA) is 77.7 Å². The van der Waals surface area contributed by atoms with Crippen LogP contribution >= 0.6 is 0 Å². The molecule has 20 heavy (non-hydrogen) atoms. The molecule has 0 aromatic carbocycles. The highest BCUT2D eigenvalue weighted by Gasteiger charge is 2.22. The second-order valence-electron chi connectivity index (χ2n) is 4.74. The highest BCUT2D eigenvalue weighted by atomic mass is 16.5. The molecule has 0 bridgehead atoms. The first-order chi connectivity index (χ1) is 9.65. The highest BCUT2D eigenvalue weighted by Crippen LogP contribution is 2.25. The number of pyridine rings is 1. The number of ether oxygens (including phenoxy) is 2. The van der Waals surface area contributed by atoms with Gasteiger partial charge in [-0.3, -0.25) is 0 Å². The number of carbonyl (C=O) groups is 1. The molecule has 0 spiro atoms. The SMILES string of the molecule is CCOC1CCN(c2nc(C(=O)OC)ccc2N)CC1. The first-order valence-electron chi connectivity index (χ1n) is 6.87. The van der Waals surface area contributed by atoms with Gasteiger partial charge in [0.05, 0.1) is 18.9 Å². The van der Waals surface area contributed by atoms with Gasteiger partial charge in [-0.25, -0.2) is 9.78 Å². The monoisotopic (exact) mass is 279 g/mol. The van der Waals surface area contributed by atoms with Gasteiger partial charge in [-0.1, -0.05) is 0 Å². The minimum absolute atomic E-state index is 0.281. The van der Waals surface area contributed by atoms with Crippen molar-refractivity contribution in [1.29, 1.82) is 0 Å². The van der Waals surface area contributed by atoms with Gasteiger partial charge < -0.3 is 20.1 Å². The zero-order valence-electron chi connectivity index (χ0n) is 12.0. The lowest BCUT2D eigenvalue weighted by Crippen LogP contribution is -2.38. The van der Waals surface area contributed by atoms with Crippen LogP contribution in [0.15, 0.2) is 12.1 Å². The Morgan fingerprint density at radius 2 is 2.15 bits per heavy atom. The van der Waals surface area contributed by atoms with Crippen molar-refractivity contribution in [2.45, 2.75) is 25.9 Å². The van der Waals surface area contributed by atoms with Gasteiger partial charge in [-0.05, 0) is 31.9 Å². The average molecular weight is 279 g/mol. The van der Waals surface area contributed by atoms with E-state index in [9.17, 15) is 4.79 Å². The lowest BCUT2D eigenvalue weighted by atomic mass is 10.1. The van der Waals surface area contributed by atoms with E-state index in [1.54, 1.807) is 12.1 Å². The molecule has 6 nitrogen and oxygen atoms in total. The first-order valence-corrected chi connectivity index (χ1v) is 6.87. The quantitative estimate of drug-likeness (QED) is 0.841. The maximum absolute atomic E-state index is 11.5. The van der Waals surface area contributed by atoms with E-state index in [1.165, 1.54) is 7.11 Å². The molecule has 1 aliphatic rings. The Morgan fingerprint density at radius 3 is 2.75 bits per heavy atom. The number of nitrogens with zero attached hydrogens (tertiary/aromatic N) is 2. The van der Waals surface area contributed by atoms with Gasteiger partial charge in [-0.2, -0.15) is 0 Å². The van der Waals surface area contributed by atoms with Gasteiger partial charge in [0.25, 0.3) is 0 Å². The van der Waals surface area contributed by atoms with Gasteiger partial charge >= 0.3 is 5.97 Å². The van der Waals surface area contributed by atoms with Gasteiger partial charge in [0, 0.05) is 19.7 Å². The second-order valence-corrected chi connectivity index (χ2v) is 4.74. The minimum Gasteiger partial charge on any atom is -0.464 e. The molecule has 0 unspecified atom stereocenters. The maximum atomic E-state index is 11.5. The summed E-state index contributed by atoms with van der Waals surface area (Å²) in [6, 6.07) is 3.28. The fourth-order valence-electron chi connectivity index (χ4n) is 2.40. The van der Waals surface area contributed by atoms with Crippen LogP contribution < -0.4 is 10.6 Å². The molecule has 0 aliphatic carbocycles. The molecule has 110 valence electrons. The number of aromatic nitrogens is 1. The number of nitrogens with two attached hydrogens (primary N) is 1. The molecule has 1 fully saturated rings. The van der Waals surface area contributed by atoms with E-state index in [0.717, 1.165) is 32.5 Å². The predicted molar refractivity (Wildman–Crippen MR) is 76.8 cm³/mol. The largest absolute Gasteiger partial charge is 0.464 e. The maximum Gasteiger partial charge on any atom is 0.356 e. The Kier molecular flexibility index (Phi) is 4.79. The Balaban J connectivity index is 2.11. The third-order valence-electron chi connectivity index (χ3n) is 3.44. The fourth-order valence-corrected chi connectivity index (χ4v) is 2.40. The van der Waals surface area contributed by atoms with Crippen LogP contribution in [-0.2, 0) is 9.47 Å². The normalized spacial score (nSPS) is 16.2. The highest BCUT2D eigenvalue weighted by molar-refractivity contribution is 5.88. The lowest BCUT2D eigenvalue weighted by molar-refractivity contribution is 0.0458. The summed E-state index contributed by atoms with van der Waals surface area (Å²) in [5.74, 6) is 0.207. The minimum atomic E-state index is -0.449. The fraction of sp³-hybridized carbons (Fsp3) is 0.571. The van der Waals surface area contributed by atoms with Crippen molar-refractivity contribution in [2.75, 3.05) is 37.4 Å². The smallest absolute Gasteiger partial charge is 0.356 e. The summed E-state index contributed by atoms with van der Waals surface area (Å²) in [5.41, 5.74) is 6.83. The first kappa shape index (κ1) is 14.6. The van der Waals surface area contributed by atoms with Crippen molar-refractivity contribution in [3.05, 3.63) is 17.8 Å². The van der Waals surface area contributed by atoms with E-state index in [1.807, 2.05) is 6.92 Å². The zero-order chi connectivity index (χ0) is 14.5. The summed E-state index contributed by atoms with van der Waals surface area (Å²) in [6.07, 6.45) is 2.19. The average Bonchev–Trinajstić information content (AvgIpc) is 2.48. The van der Waals surface area contributed by atoms with E-state index in [4.69, 9.17) is 10.5 Å². The summed E-state index contributed by atoms with van der Waals surface area (Å²) in [6.45, 7) is 4.40. The van der Waals surface area contributed by atoms with Crippen molar-refractivity contribution in [3.63, 3.8) is 0 Å². The van der Waals surface area contributed by atoms with Gasteiger partial charge in [0.2, 0.25) is 0 Å². The van der Waals surface area contributed by atoms with Crippen LogP contribution in [0.1, 0.15) is 30.3 Å². The standard InChI is InChI=1S/C14H21N3O3/c1-3-20-10-6-8-17(9-7-10)13-11(15)4-5-12(16-13)14(18)19-2/h4-5,10H,3,6-9,15H2,1-2H3. The second kappa shape index (κ2) is 6.56. The molecule has 1 saturated heterocycles. The molecule has 1 aromatic heterocycles. The van der Waals surface area contributed by atoms with Crippen LogP contribution in [0.2, 0.25) is 0 Å². The number of hydrogen-bond donors (Lipinski definition) is 1. The number of piperidine rings is 1. The molecule has 2 rings (SSSR count). The van der Waals surface area contributed by atoms with Crippen molar-refractivity contribution in [1.82, 2.24) is 4.98 Å². The summed E-state index contributed by atoms with van der Waals surface area (Å²) in [5, 5.41) is 0. The predicted octanol–water partition coefficient (Wildman–Crippen LogP) is 1.46. The van der Waals surface area contributed by atoms with Crippen LogP contribution in [0, 0.1) is 0 Å². The van der Waals surface area contributed by atoms with E-state index in [2.05, 4.69) is 14.6 Å². The zero-order valence-corrected chi connectivity index (χ0v) is 12.0. The Bertz CT molecular complexity index is 471. The van der Waals surface area contributed by atoms with Crippen LogP contribution in [0.4, 0.5) is 11.5 Å². The van der Waals surface area contributed by atoms with Crippen molar-refractivity contribution >= 4 is 17.5 Å². The van der Waals surface area contributed by atoms with Crippen LogP contribution in [0.5, 0.6) is 0 Å². The van der Waals surface area contributed by atoms with Crippen LogP contribution in [-0.4, -0.2) is 43.9 Å². The number of esters is 1. The molecule has 0 amide bonds. The van der Waals surface area contributed by atoms with Crippen molar-refractivity contribution in [2.24, 2.45) is 0 Å². The van der Waals surface area contributed by atoms with Crippen molar-refractivity contribution in [3.8, 4) is 0 Å². The Labute approximate surface area is 118 Å². The summed E-state index contributed by atoms with van der Waals surface area (Å²) >= 11 is 0. The number of nitrogen functional groups attached to an aromatic ring is 1. The molecule has 1 aromatic rings. The van der Waals surface area contributed by atoms with Crippen LogP contribution in [0.25, 0.3) is 0 Å². The summed E-state index contributed by atoms with van der Waals surface area (Å²) in [7, 11) is 1.34. The molecule has 0 saturated carbocycles. The van der Waals surface area contributed by atoms with Gasteiger partial charge in [-0.15, -0.1) is 0 Å². The molecule has 6 heteroatoms. The molecule has 0 atom stereocenters. The van der Waals surface area contributed by atoms with Gasteiger partial charge in [0.1, 0.15) is 0 Å². The third-order valence-corrected chi connectivity index (χ3v) is 3.44. The van der Waals surface area contributed by atoms with Crippen molar-refractivity contribution < 1.29 is 14.3 Å². The Morgan fingerprint density at radius 1 is 1.45 bits per heavy atom. The molecule has 2 heterocycles. The molecule has 2 N–H and O–H groups in total. The van der Waals surface area contributed by atoms with Gasteiger partial charge in [0.15, 0.2) is 11.5 Å². The molecule has 1 aliphatic heterocycles. The summed E-state index contributed by atoms with van der Waals surface area (Å²) < 4.78 is 10.3. The van der Waals surface area contributed by atoms with E-state index < -0.39 is 5.97 Å². The van der Waals surface area contributed by atoms with Crippen LogP contribution in [0.3, 0.4) is 0 Å². The van der Waals surface area contributed by atoms with E-state index in [0.29, 0.717) is 17.6 Å². The lowest BCUT2D eigenvalue weighted by Gasteiger charge is -2.33. The number of methoxy groups -OCH3 is 1. The Hall–Kier alpha value is -1.82. The third kappa shape index (κ3) is 3.19. The number of carbonyl (C=O) groups excluding carboxylic acids is 1. The summed E-state index contributed by atoms with van der Waals surface area (Å²) in [4.78, 5) is 18.0. The number of anilines is 2. The van der Waals surface area contributed by atoms with E-state index in [-0.39, 0.29) is 5.69 Å². The molecule has 0 radical (unpaired) electrons.